The van der Waals surface area contributed by atoms with E-state index in [0.717, 1.165) is 21.2 Å². The number of para-hydroxylation sites is 1. The molecule has 0 saturated carbocycles. The monoisotopic (exact) mass is 384 g/mol. The van der Waals surface area contributed by atoms with Crippen molar-refractivity contribution in [3.05, 3.63) is 59.0 Å². The summed E-state index contributed by atoms with van der Waals surface area (Å²) in [6, 6.07) is 13.3. The molecule has 6 heteroatoms. The molecule has 0 aliphatic rings. The molecule has 3 aromatic rings. The summed E-state index contributed by atoms with van der Waals surface area (Å²) in [5, 5.41) is 1.02. The Hall–Kier alpha value is -2.47. The van der Waals surface area contributed by atoms with Gasteiger partial charge < -0.3 is 9.80 Å². The van der Waals surface area contributed by atoms with Gasteiger partial charge in [-0.15, -0.1) is 0 Å². The normalized spacial score (nSPS) is 10.7. The molecule has 0 saturated heterocycles. The van der Waals surface area contributed by atoms with Gasteiger partial charge in [-0.2, -0.15) is 0 Å². The lowest BCUT2D eigenvalue weighted by atomic mass is 10.1. The van der Waals surface area contributed by atoms with Crippen LogP contribution < -0.4 is 9.80 Å². The number of nitrogens with zero attached hydrogens (tertiary/aromatic N) is 4. The number of halogens is 1. The zero-order chi connectivity index (χ0) is 17.3. The highest BCUT2D eigenvalue weighted by Crippen LogP contribution is 2.26. The number of benzene rings is 1. The van der Waals surface area contributed by atoms with Crippen LogP contribution in [0.25, 0.3) is 10.9 Å². The van der Waals surface area contributed by atoms with E-state index in [9.17, 15) is 4.79 Å². The van der Waals surface area contributed by atoms with Crippen LogP contribution in [0.1, 0.15) is 10.5 Å². The van der Waals surface area contributed by atoms with E-state index in [0.29, 0.717) is 11.4 Å². The van der Waals surface area contributed by atoms with Crippen molar-refractivity contribution in [3.8, 4) is 0 Å². The van der Waals surface area contributed by atoms with Crippen molar-refractivity contribution < 1.29 is 4.79 Å². The largest absolute Gasteiger partial charge is 0.377 e. The second-order valence-electron chi connectivity index (χ2n) is 5.64. The number of aromatic nitrogens is 2. The average Bonchev–Trinajstić information content (AvgIpc) is 2.60. The van der Waals surface area contributed by atoms with Crippen LogP contribution in [-0.4, -0.2) is 37.0 Å². The zero-order valence-electron chi connectivity index (χ0n) is 13.7. The van der Waals surface area contributed by atoms with Crippen LogP contribution in [0, 0.1) is 0 Å². The first-order valence-electron chi connectivity index (χ1n) is 7.44. The van der Waals surface area contributed by atoms with Crippen molar-refractivity contribution in [1.82, 2.24) is 9.97 Å². The highest BCUT2D eigenvalue weighted by atomic mass is 79.9. The van der Waals surface area contributed by atoms with Crippen LogP contribution in [0.15, 0.2) is 53.3 Å². The van der Waals surface area contributed by atoms with Crippen molar-refractivity contribution in [2.24, 2.45) is 0 Å². The van der Waals surface area contributed by atoms with Crippen LogP contribution in [0.3, 0.4) is 0 Å². The molecule has 24 heavy (non-hydrogen) atoms. The highest BCUT2D eigenvalue weighted by molar-refractivity contribution is 9.10. The molecule has 0 radical (unpaired) electrons. The molecule has 2 aromatic heterocycles. The van der Waals surface area contributed by atoms with E-state index in [4.69, 9.17) is 0 Å². The van der Waals surface area contributed by atoms with E-state index in [1.54, 1.807) is 24.2 Å². The van der Waals surface area contributed by atoms with Gasteiger partial charge in [0.15, 0.2) is 0 Å². The molecule has 0 atom stereocenters. The van der Waals surface area contributed by atoms with Crippen molar-refractivity contribution in [1.29, 1.82) is 0 Å². The van der Waals surface area contributed by atoms with Crippen molar-refractivity contribution in [3.63, 3.8) is 0 Å². The number of anilines is 2. The SMILES string of the molecule is CN(C)c1cc(C(=O)N(C)c2ccc(Br)nc2)nc2ccccc12. The summed E-state index contributed by atoms with van der Waals surface area (Å²) in [7, 11) is 5.64. The lowest BCUT2D eigenvalue weighted by Crippen LogP contribution is -2.27. The molecule has 0 bridgehead atoms. The fourth-order valence-corrected chi connectivity index (χ4v) is 2.73. The summed E-state index contributed by atoms with van der Waals surface area (Å²) in [4.78, 5) is 25.1. The number of carbonyl (C=O) groups is 1. The van der Waals surface area contributed by atoms with Crippen molar-refractivity contribution in [2.45, 2.75) is 0 Å². The first-order valence-corrected chi connectivity index (χ1v) is 8.23. The molecular weight excluding hydrogens is 368 g/mol. The molecule has 3 rings (SSSR count). The first kappa shape index (κ1) is 16.4. The second kappa shape index (κ2) is 6.57. The smallest absolute Gasteiger partial charge is 0.276 e. The Kier molecular flexibility index (Phi) is 4.49. The van der Waals surface area contributed by atoms with Gasteiger partial charge in [-0.25, -0.2) is 9.97 Å². The maximum absolute atomic E-state index is 12.9. The molecule has 0 spiro atoms. The van der Waals surface area contributed by atoms with Gasteiger partial charge >= 0.3 is 0 Å². The zero-order valence-corrected chi connectivity index (χ0v) is 15.3. The van der Waals surface area contributed by atoms with E-state index >= 15 is 0 Å². The molecule has 122 valence electrons. The van der Waals surface area contributed by atoms with E-state index in [-0.39, 0.29) is 5.91 Å². The summed E-state index contributed by atoms with van der Waals surface area (Å²) in [6.45, 7) is 0. The lowest BCUT2D eigenvalue weighted by Gasteiger charge is -2.20. The highest BCUT2D eigenvalue weighted by Gasteiger charge is 2.18. The molecule has 0 N–H and O–H groups in total. The van der Waals surface area contributed by atoms with E-state index in [1.807, 2.05) is 55.4 Å². The topological polar surface area (TPSA) is 49.3 Å². The quantitative estimate of drug-likeness (QED) is 0.645. The maximum atomic E-state index is 12.9. The third kappa shape index (κ3) is 3.10. The number of pyridine rings is 2. The van der Waals surface area contributed by atoms with Gasteiger partial charge in [0.25, 0.3) is 5.91 Å². The molecule has 0 unspecified atom stereocenters. The predicted molar refractivity (Wildman–Crippen MR) is 101 cm³/mol. The van der Waals surface area contributed by atoms with Crippen LogP contribution >= 0.6 is 15.9 Å². The van der Waals surface area contributed by atoms with Crippen LogP contribution in [0.5, 0.6) is 0 Å². The molecule has 0 fully saturated rings. The molecule has 5 nitrogen and oxygen atoms in total. The van der Waals surface area contributed by atoms with Crippen LogP contribution in [0.2, 0.25) is 0 Å². The lowest BCUT2D eigenvalue weighted by molar-refractivity contribution is 0.0988. The molecule has 2 heterocycles. The van der Waals surface area contributed by atoms with Crippen LogP contribution in [-0.2, 0) is 0 Å². The Labute approximate surface area is 149 Å². The number of hydrogen-bond donors (Lipinski definition) is 0. The fraction of sp³-hybridized carbons (Fsp3) is 0.167. The Morgan fingerprint density at radius 3 is 2.50 bits per heavy atom. The molecular formula is C18H17BrN4O. The van der Waals surface area contributed by atoms with E-state index in [1.165, 1.54) is 0 Å². The Morgan fingerprint density at radius 2 is 1.83 bits per heavy atom. The van der Waals surface area contributed by atoms with E-state index < -0.39 is 0 Å². The van der Waals surface area contributed by atoms with E-state index in [2.05, 4.69) is 25.9 Å². The minimum atomic E-state index is -0.173. The van der Waals surface area contributed by atoms with Gasteiger partial charge in [-0.3, -0.25) is 4.79 Å². The summed E-state index contributed by atoms with van der Waals surface area (Å²) >= 11 is 3.30. The number of amides is 1. The number of fused-ring (bicyclic) bond motifs is 1. The fourth-order valence-electron chi connectivity index (χ4n) is 2.49. The van der Waals surface area contributed by atoms with Gasteiger partial charge in [0, 0.05) is 32.2 Å². The van der Waals surface area contributed by atoms with Gasteiger partial charge in [-0.05, 0) is 40.2 Å². The summed E-state index contributed by atoms with van der Waals surface area (Å²) in [5.41, 5.74) is 2.88. The number of carbonyl (C=O) groups excluding carboxylic acids is 1. The number of hydrogen-bond acceptors (Lipinski definition) is 4. The molecule has 0 aliphatic heterocycles. The molecule has 1 aromatic carbocycles. The first-order chi connectivity index (χ1) is 11.5. The van der Waals surface area contributed by atoms with Crippen molar-refractivity contribution >= 4 is 44.1 Å². The minimum absolute atomic E-state index is 0.173. The Bertz CT molecular complexity index is 893. The molecule has 1 amide bonds. The van der Waals surface area contributed by atoms with Gasteiger partial charge in [0.05, 0.1) is 17.4 Å². The van der Waals surface area contributed by atoms with Gasteiger partial charge in [-0.1, -0.05) is 18.2 Å². The van der Waals surface area contributed by atoms with Crippen molar-refractivity contribution in [2.75, 3.05) is 30.9 Å². The summed E-state index contributed by atoms with van der Waals surface area (Å²) < 4.78 is 0.728. The second-order valence-corrected chi connectivity index (χ2v) is 6.45. The van der Waals surface area contributed by atoms with Gasteiger partial charge in [0.2, 0.25) is 0 Å². The maximum Gasteiger partial charge on any atom is 0.276 e. The Morgan fingerprint density at radius 1 is 1.08 bits per heavy atom. The molecule has 0 aliphatic carbocycles. The van der Waals surface area contributed by atoms with Crippen LogP contribution in [0.4, 0.5) is 11.4 Å². The summed E-state index contributed by atoms with van der Waals surface area (Å²) in [6.07, 6.45) is 1.65. The summed E-state index contributed by atoms with van der Waals surface area (Å²) in [5.74, 6) is -0.173. The van der Waals surface area contributed by atoms with Gasteiger partial charge in [0.1, 0.15) is 10.3 Å². The Balaban J connectivity index is 2.05. The third-order valence-electron chi connectivity index (χ3n) is 3.80. The third-order valence-corrected chi connectivity index (χ3v) is 4.27. The number of rotatable bonds is 3. The minimum Gasteiger partial charge on any atom is -0.377 e. The standard InChI is InChI=1S/C18H17BrN4O/c1-22(2)16-10-15(21-14-7-5-4-6-13(14)16)18(24)23(3)12-8-9-17(19)20-11-12/h4-11H,1-3H3. The predicted octanol–water partition coefficient (Wildman–Crippen LogP) is 3.73. The average molecular weight is 385 g/mol.